The van der Waals surface area contributed by atoms with E-state index in [9.17, 15) is 9.59 Å². The Hall–Kier alpha value is -3.20. The Labute approximate surface area is 127 Å². The maximum atomic E-state index is 12.1. The number of benzene rings is 1. The fourth-order valence-electron chi connectivity index (χ4n) is 1.98. The van der Waals surface area contributed by atoms with E-state index in [2.05, 4.69) is 10.3 Å². The van der Waals surface area contributed by atoms with Gasteiger partial charge in [-0.2, -0.15) is 5.26 Å². The number of aromatic nitrogens is 1. The van der Waals surface area contributed by atoms with Crippen molar-refractivity contribution in [1.82, 2.24) is 10.3 Å². The highest BCUT2D eigenvalue weighted by molar-refractivity contribution is 5.95. The molecule has 1 aromatic heterocycles. The molecule has 1 atom stereocenters. The predicted molar refractivity (Wildman–Crippen MR) is 79.5 cm³/mol. The zero-order chi connectivity index (χ0) is 15.9. The number of hydrogen-bond donors (Lipinski definition) is 2. The summed E-state index contributed by atoms with van der Waals surface area (Å²) in [5, 5.41) is 11.6. The number of nitrogens with zero attached hydrogens (tertiary/aromatic N) is 2. The van der Waals surface area contributed by atoms with Crippen molar-refractivity contribution in [2.75, 3.05) is 0 Å². The molecule has 0 aliphatic heterocycles. The van der Waals surface area contributed by atoms with Crippen LogP contribution in [-0.2, 0) is 11.2 Å². The highest BCUT2D eigenvalue weighted by Gasteiger charge is 2.21. The molecule has 0 aliphatic carbocycles. The topological polar surface area (TPSA) is 109 Å². The Morgan fingerprint density at radius 1 is 1.23 bits per heavy atom. The summed E-state index contributed by atoms with van der Waals surface area (Å²) < 4.78 is 0. The van der Waals surface area contributed by atoms with Gasteiger partial charge in [-0.1, -0.05) is 24.3 Å². The van der Waals surface area contributed by atoms with E-state index < -0.39 is 17.9 Å². The minimum absolute atomic E-state index is 0.150. The van der Waals surface area contributed by atoms with Gasteiger partial charge in [-0.15, -0.1) is 0 Å². The third-order valence-corrected chi connectivity index (χ3v) is 3.11. The zero-order valence-electron chi connectivity index (χ0n) is 11.7. The molecule has 0 fully saturated rings. The Morgan fingerprint density at radius 2 is 1.95 bits per heavy atom. The molecule has 0 saturated carbocycles. The lowest BCUT2D eigenvalue weighted by molar-refractivity contribution is -0.119. The lowest BCUT2D eigenvalue weighted by Gasteiger charge is -2.16. The number of carbonyl (C=O) groups is 2. The molecule has 2 amide bonds. The molecule has 0 unspecified atom stereocenters. The molecule has 6 heteroatoms. The average Bonchev–Trinajstić information content (AvgIpc) is 2.55. The van der Waals surface area contributed by atoms with Gasteiger partial charge in [0, 0.05) is 12.6 Å². The van der Waals surface area contributed by atoms with E-state index >= 15 is 0 Å². The second-order valence-electron chi connectivity index (χ2n) is 4.62. The second kappa shape index (κ2) is 6.99. The molecular formula is C16H14N4O2. The van der Waals surface area contributed by atoms with Crippen molar-refractivity contribution in [1.29, 1.82) is 5.26 Å². The van der Waals surface area contributed by atoms with Crippen LogP contribution in [0.1, 0.15) is 21.6 Å². The number of nitrogens with one attached hydrogen (secondary N) is 1. The van der Waals surface area contributed by atoms with Gasteiger partial charge in [0.1, 0.15) is 11.7 Å². The van der Waals surface area contributed by atoms with Crippen molar-refractivity contribution in [3.63, 3.8) is 0 Å². The molecule has 1 aromatic carbocycles. The lowest BCUT2D eigenvalue weighted by Crippen LogP contribution is -2.46. The number of pyridine rings is 1. The molecule has 3 N–H and O–H groups in total. The van der Waals surface area contributed by atoms with E-state index in [4.69, 9.17) is 11.0 Å². The average molecular weight is 294 g/mol. The van der Waals surface area contributed by atoms with Crippen LogP contribution in [0.2, 0.25) is 0 Å². The summed E-state index contributed by atoms with van der Waals surface area (Å²) in [5.41, 5.74) is 6.64. The molecule has 6 nitrogen and oxygen atoms in total. The minimum Gasteiger partial charge on any atom is -0.368 e. The Bertz CT molecular complexity index is 722. The summed E-state index contributed by atoms with van der Waals surface area (Å²) >= 11 is 0. The normalized spacial score (nSPS) is 11.2. The van der Waals surface area contributed by atoms with Crippen LogP contribution in [0.4, 0.5) is 0 Å². The summed E-state index contributed by atoms with van der Waals surface area (Å²) in [6.45, 7) is 0. The van der Waals surface area contributed by atoms with E-state index in [1.54, 1.807) is 36.4 Å². The molecule has 0 bridgehead atoms. The lowest BCUT2D eigenvalue weighted by atomic mass is 10.0. The van der Waals surface area contributed by atoms with Crippen molar-refractivity contribution in [3.8, 4) is 6.07 Å². The first-order valence-corrected chi connectivity index (χ1v) is 6.61. The van der Waals surface area contributed by atoms with Crippen molar-refractivity contribution in [2.24, 2.45) is 5.73 Å². The smallest absolute Gasteiger partial charge is 0.270 e. The first kappa shape index (κ1) is 15.2. The van der Waals surface area contributed by atoms with Gasteiger partial charge in [-0.05, 0) is 23.8 Å². The number of primary amides is 1. The Kier molecular flexibility index (Phi) is 4.83. The van der Waals surface area contributed by atoms with Crippen LogP contribution >= 0.6 is 0 Å². The zero-order valence-corrected chi connectivity index (χ0v) is 11.7. The summed E-state index contributed by atoms with van der Waals surface area (Å²) in [5.74, 6) is -1.16. The molecule has 0 aliphatic rings. The monoisotopic (exact) mass is 294 g/mol. The molecule has 1 heterocycles. The van der Waals surface area contributed by atoms with Gasteiger partial charge in [0.15, 0.2) is 0 Å². The van der Waals surface area contributed by atoms with Crippen LogP contribution in [0.25, 0.3) is 0 Å². The molecular weight excluding hydrogens is 280 g/mol. The van der Waals surface area contributed by atoms with Crippen LogP contribution in [0.15, 0.2) is 48.7 Å². The number of carbonyl (C=O) groups excluding carboxylic acids is 2. The molecule has 0 spiro atoms. The van der Waals surface area contributed by atoms with Crippen LogP contribution in [0, 0.1) is 11.3 Å². The third-order valence-electron chi connectivity index (χ3n) is 3.11. The predicted octanol–water partition coefficient (Wildman–Crippen LogP) is 0.780. The number of nitriles is 1. The van der Waals surface area contributed by atoms with Crippen LogP contribution in [0.5, 0.6) is 0 Å². The van der Waals surface area contributed by atoms with Crippen LogP contribution < -0.4 is 11.1 Å². The van der Waals surface area contributed by atoms with Gasteiger partial charge >= 0.3 is 0 Å². The van der Waals surface area contributed by atoms with E-state index in [-0.39, 0.29) is 12.1 Å². The molecule has 2 rings (SSSR count). The van der Waals surface area contributed by atoms with E-state index in [1.165, 1.54) is 12.3 Å². The summed E-state index contributed by atoms with van der Waals surface area (Å²) in [6.07, 6.45) is 1.64. The highest BCUT2D eigenvalue weighted by Crippen LogP contribution is 2.10. The van der Waals surface area contributed by atoms with Gasteiger partial charge in [0.25, 0.3) is 5.91 Å². The maximum Gasteiger partial charge on any atom is 0.270 e. The highest BCUT2D eigenvalue weighted by atomic mass is 16.2. The van der Waals surface area contributed by atoms with Crippen LogP contribution in [-0.4, -0.2) is 22.8 Å². The van der Waals surface area contributed by atoms with Crippen molar-refractivity contribution >= 4 is 11.8 Å². The second-order valence-corrected chi connectivity index (χ2v) is 4.62. The largest absolute Gasteiger partial charge is 0.368 e. The van der Waals surface area contributed by atoms with E-state index in [1.807, 2.05) is 6.07 Å². The molecule has 0 saturated heterocycles. The SMILES string of the molecule is N#Cc1ccccc1C[C@@H](NC(=O)c1ccccn1)C(N)=O. The first-order chi connectivity index (χ1) is 10.6. The molecule has 0 radical (unpaired) electrons. The molecule has 2 aromatic rings. The van der Waals surface area contributed by atoms with Gasteiger partial charge < -0.3 is 11.1 Å². The van der Waals surface area contributed by atoms with Gasteiger partial charge in [-0.3, -0.25) is 14.6 Å². The fraction of sp³-hybridized carbons (Fsp3) is 0.125. The Balaban J connectivity index is 2.16. The molecule has 110 valence electrons. The first-order valence-electron chi connectivity index (χ1n) is 6.61. The van der Waals surface area contributed by atoms with Gasteiger partial charge in [-0.25, -0.2) is 0 Å². The summed E-state index contributed by atoms with van der Waals surface area (Å²) in [4.78, 5) is 27.5. The standard InChI is InChI=1S/C16H14N4O2/c17-10-12-6-2-1-5-11(12)9-14(15(18)21)20-16(22)13-7-3-4-8-19-13/h1-8,14H,9H2,(H2,18,21)(H,20,22)/t14-/m1/s1. The fourth-order valence-corrected chi connectivity index (χ4v) is 1.98. The summed E-state index contributed by atoms with van der Waals surface area (Å²) in [6, 6.07) is 12.9. The quantitative estimate of drug-likeness (QED) is 0.849. The summed E-state index contributed by atoms with van der Waals surface area (Å²) in [7, 11) is 0. The number of amides is 2. The van der Waals surface area contributed by atoms with Crippen LogP contribution in [0.3, 0.4) is 0 Å². The van der Waals surface area contributed by atoms with Crippen molar-refractivity contribution in [2.45, 2.75) is 12.5 Å². The number of nitrogens with two attached hydrogens (primary N) is 1. The number of hydrogen-bond acceptors (Lipinski definition) is 4. The number of rotatable bonds is 5. The molecule has 22 heavy (non-hydrogen) atoms. The van der Waals surface area contributed by atoms with Crippen molar-refractivity contribution in [3.05, 3.63) is 65.5 Å². The van der Waals surface area contributed by atoms with Gasteiger partial charge in [0.05, 0.1) is 11.6 Å². The van der Waals surface area contributed by atoms with Crippen molar-refractivity contribution < 1.29 is 9.59 Å². The maximum absolute atomic E-state index is 12.1. The minimum atomic E-state index is -0.913. The van der Waals surface area contributed by atoms with E-state index in [0.717, 1.165) is 0 Å². The van der Waals surface area contributed by atoms with Gasteiger partial charge in [0.2, 0.25) is 5.91 Å². The Morgan fingerprint density at radius 3 is 2.59 bits per heavy atom. The third kappa shape index (κ3) is 3.67. The van der Waals surface area contributed by atoms with E-state index in [0.29, 0.717) is 11.1 Å².